The molecule has 0 aliphatic rings. The monoisotopic (exact) mass is 266 g/mol. The van der Waals surface area contributed by atoms with Gasteiger partial charge in [-0.25, -0.2) is 0 Å². The first-order valence-corrected chi connectivity index (χ1v) is 6.68. The minimum atomic E-state index is 0.885. The summed E-state index contributed by atoms with van der Waals surface area (Å²) in [5.74, 6) is 0.885. The van der Waals surface area contributed by atoms with Gasteiger partial charge < -0.3 is 15.0 Å². The molecule has 20 heavy (non-hydrogen) atoms. The lowest BCUT2D eigenvalue weighted by Gasteiger charge is -2.07. The van der Waals surface area contributed by atoms with Crippen molar-refractivity contribution < 1.29 is 4.74 Å². The second-order valence-electron chi connectivity index (χ2n) is 4.84. The number of hydrogen-bond donors (Lipinski definition) is 2. The van der Waals surface area contributed by atoms with Crippen molar-refractivity contribution in [2.24, 2.45) is 0 Å². The summed E-state index contributed by atoms with van der Waals surface area (Å²) in [5, 5.41) is 4.41. The molecular weight excluding hydrogens is 248 g/mol. The van der Waals surface area contributed by atoms with Crippen molar-refractivity contribution in [2.75, 3.05) is 19.5 Å². The second kappa shape index (κ2) is 4.93. The molecular formula is C17H18N2O. The maximum atomic E-state index is 5.46. The summed E-state index contributed by atoms with van der Waals surface area (Å²) in [6.45, 7) is 2.14. The van der Waals surface area contributed by atoms with Gasteiger partial charge in [-0.2, -0.15) is 0 Å². The molecule has 2 aromatic carbocycles. The van der Waals surface area contributed by atoms with Gasteiger partial charge in [0.1, 0.15) is 5.75 Å². The number of aromatic amines is 1. The lowest BCUT2D eigenvalue weighted by molar-refractivity contribution is 0.416. The highest BCUT2D eigenvalue weighted by Gasteiger charge is 2.13. The zero-order valence-corrected chi connectivity index (χ0v) is 11.9. The van der Waals surface area contributed by atoms with E-state index >= 15 is 0 Å². The Morgan fingerprint density at radius 2 is 1.90 bits per heavy atom. The Bertz CT molecular complexity index is 759. The van der Waals surface area contributed by atoms with E-state index in [1.807, 2.05) is 25.2 Å². The summed E-state index contributed by atoms with van der Waals surface area (Å²) >= 11 is 0. The average molecular weight is 266 g/mol. The number of H-pyrrole nitrogens is 1. The molecule has 3 aromatic rings. The van der Waals surface area contributed by atoms with Crippen LogP contribution in [0.15, 0.2) is 42.5 Å². The van der Waals surface area contributed by atoms with E-state index in [2.05, 4.69) is 41.5 Å². The van der Waals surface area contributed by atoms with Crippen molar-refractivity contribution in [2.45, 2.75) is 6.92 Å². The maximum Gasteiger partial charge on any atom is 0.128 e. The minimum absolute atomic E-state index is 0.885. The summed E-state index contributed by atoms with van der Waals surface area (Å²) in [5.41, 5.74) is 5.70. The fourth-order valence-corrected chi connectivity index (χ4v) is 2.60. The molecule has 3 rings (SSSR count). The number of aryl methyl sites for hydroxylation is 1. The Kier molecular flexibility index (Phi) is 3.11. The van der Waals surface area contributed by atoms with Gasteiger partial charge >= 0.3 is 0 Å². The molecule has 3 nitrogen and oxygen atoms in total. The number of anilines is 1. The van der Waals surface area contributed by atoms with Crippen molar-refractivity contribution in [3.05, 3.63) is 48.0 Å². The molecule has 2 N–H and O–H groups in total. The normalized spacial score (nSPS) is 10.8. The number of para-hydroxylation sites is 1. The number of ether oxygens (including phenoxy) is 1. The van der Waals surface area contributed by atoms with Gasteiger partial charge in [0.25, 0.3) is 0 Å². The van der Waals surface area contributed by atoms with Crippen LogP contribution in [0.3, 0.4) is 0 Å². The van der Waals surface area contributed by atoms with Crippen LogP contribution in [0.4, 0.5) is 5.69 Å². The number of aromatic nitrogens is 1. The predicted molar refractivity (Wildman–Crippen MR) is 84.6 cm³/mol. The second-order valence-corrected chi connectivity index (χ2v) is 4.84. The summed E-state index contributed by atoms with van der Waals surface area (Å²) in [6.07, 6.45) is 0. The molecule has 0 amide bonds. The van der Waals surface area contributed by atoms with E-state index in [0.717, 1.165) is 28.2 Å². The molecule has 0 spiro atoms. The van der Waals surface area contributed by atoms with Crippen molar-refractivity contribution >= 4 is 16.6 Å². The highest BCUT2D eigenvalue weighted by molar-refractivity contribution is 5.93. The van der Waals surface area contributed by atoms with Crippen molar-refractivity contribution in [1.29, 1.82) is 0 Å². The molecule has 0 saturated heterocycles. The molecule has 102 valence electrons. The molecule has 0 saturated carbocycles. The zero-order chi connectivity index (χ0) is 14.1. The van der Waals surface area contributed by atoms with E-state index in [4.69, 9.17) is 4.74 Å². The Morgan fingerprint density at radius 1 is 1.10 bits per heavy atom. The van der Waals surface area contributed by atoms with Crippen LogP contribution < -0.4 is 10.1 Å². The summed E-state index contributed by atoms with van der Waals surface area (Å²) in [7, 11) is 3.64. The van der Waals surface area contributed by atoms with Crippen LogP contribution in [0.5, 0.6) is 5.75 Å². The highest BCUT2D eigenvalue weighted by Crippen LogP contribution is 2.35. The summed E-state index contributed by atoms with van der Waals surface area (Å²) < 4.78 is 5.46. The Hall–Kier alpha value is -2.42. The third-order valence-corrected chi connectivity index (χ3v) is 3.72. The van der Waals surface area contributed by atoms with Gasteiger partial charge in [-0.05, 0) is 42.8 Å². The molecule has 1 heterocycles. The number of hydrogen-bond acceptors (Lipinski definition) is 2. The van der Waals surface area contributed by atoms with E-state index in [0.29, 0.717) is 0 Å². The first-order chi connectivity index (χ1) is 9.74. The average Bonchev–Trinajstić information content (AvgIpc) is 2.83. The molecule has 0 fully saturated rings. The van der Waals surface area contributed by atoms with E-state index in [1.165, 1.54) is 10.9 Å². The molecule has 0 atom stereocenters. The van der Waals surface area contributed by atoms with Crippen LogP contribution in [0.25, 0.3) is 22.2 Å². The van der Waals surface area contributed by atoms with Gasteiger partial charge in [0.2, 0.25) is 0 Å². The third-order valence-electron chi connectivity index (χ3n) is 3.72. The third kappa shape index (κ3) is 1.92. The SMILES string of the molecule is CNc1ccc2[nH]c(-c3ccccc3OC)c(C)c2c1. The van der Waals surface area contributed by atoms with Gasteiger partial charge in [0.15, 0.2) is 0 Å². The van der Waals surface area contributed by atoms with Crippen molar-refractivity contribution in [1.82, 2.24) is 4.98 Å². The van der Waals surface area contributed by atoms with E-state index in [-0.39, 0.29) is 0 Å². The number of rotatable bonds is 3. The van der Waals surface area contributed by atoms with Crippen LogP contribution in [-0.2, 0) is 0 Å². The maximum absolute atomic E-state index is 5.46. The van der Waals surface area contributed by atoms with Crippen LogP contribution in [0.2, 0.25) is 0 Å². The van der Waals surface area contributed by atoms with Crippen LogP contribution in [0, 0.1) is 6.92 Å². The summed E-state index contributed by atoms with van der Waals surface area (Å²) in [4.78, 5) is 3.50. The van der Waals surface area contributed by atoms with Gasteiger partial charge in [0.05, 0.1) is 12.8 Å². The largest absolute Gasteiger partial charge is 0.496 e. The minimum Gasteiger partial charge on any atom is -0.496 e. The number of fused-ring (bicyclic) bond motifs is 1. The standard InChI is InChI=1S/C17H18N2O/c1-11-14-10-12(18-2)8-9-15(14)19-17(11)13-6-4-5-7-16(13)20-3/h4-10,18-19H,1-3H3. The number of nitrogens with one attached hydrogen (secondary N) is 2. The van der Waals surface area contributed by atoms with E-state index < -0.39 is 0 Å². The predicted octanol–water partition coefficient (Wildman–Crippen LogP) is 4.19. The molecule has 0 aliphatic heterocycles. The van der Waals surface area contributed by atoms with Crippen LogP contribution >= 0.6 is 0 Å². The Morgan fingerprint density at radius 3 is 2.65 bits per heavy atom. The van der Waals surface area contributed by atoms with Gasteiger partial charge in [-0.1, -0.05) is 12.1 Å². The van der Waals surface area contributed by atoms with Gasteiger partial charge in [0, 0.05) is 29.2 Å². The fraction of sp³-hybridized carbons (Fsp3) is 0.176. The molecule has 3 heteroatoms. The molecule has 0 radical (unpaired) electrons. The topological polar surface area (TPSA) is 37.0 Å². The van der Waals surface area contributed by atoms with E-state index in [9.17, 15) is 0 Å². The van der Waals surface area contributed by atoms with Gasteiger partial charge in [-0.15, -0.1) is 0 Å². The Balaban J connectivity index is 2.24. The lowest BCUT2D eigenvalue weighted by Crippen LogP contribution is -1.88. The fourth-order valence-electron chi connectivity index (χ4n) is 2.60. The molecule has 0 unspecified atom stereocenters. The van der Waals surface area contributed by atoms with Gasteiger partial charge in [-0.3, -0.25) is 0 Å². The Labute approximate surface area is 118 Å². The van der Waals surface area contributed by atoms with Crippen LogP contribution in [0.1, 0.15) is 5.56 Å². The summed E-state index contributed by atoms with van der Waals surface area (Å²) in [6, 6.07) is 14.4. The first-order valence-electron chi connectivity index (χ1n) is 6.68. The van der Waals surface area contributed by atoms with Crippen molar-refractivity contribution in [3.8, 4) is 17.0 Å². The number of benzene rings is 2. The molecule has 0 bridgehead atoms. The zero-order valence-electron chi connectivity index (χ0n) is 11.9. The molecule has 0 aliphatic carbocycles. The quantitative estimate of drug-likeness (QED) is 0.745. The highest BCUT2D eigenvalue weighted by atomic mass is 16.5. The smallest absolute Gasteiger partial charge is 0.128 e. The lowest BCUT2D eigenvalue weighted by atomic mass is 10.1. The van der Waals surface area contributed by atoms with Crippen LogP contribution in [-0.4, -0.2) is 19.1 Å². The molecule has 1 aromatic heterocycles. The van der Waals surface area contributed by atoms with E-state index in [1.54, 1.807) is 7.11 Å². The van der Waals surface area contributed by atoms with Crippen molar-refractivity contribution in [3.63, 3.8) is 0 Å². The number of methoxy groups -OCH3 is 1. The first kappa shape index (κ1) is 12.6.